The molecule has 2 fully saturated rings. The summed E-state index contributed by atoms with van der Waals surface area (Å²) in [4.78, 5) is 6.81. The zero-order valence-electron chi connectivity index (χ0n) is 16.5. The molecule has 3 rings (SSSR count). The second kappa shape index (κ2) is 11.6. The Morgan fingerprint density at radius 1 is 1.36 bits per heavy atom. The zero-order valence-corrected chi connectivity index (χ0v) is 20.4. The maximum absolute atomic E-state index is 9.36. The number of rotatable bonds is 7. The summed E-state index contributed by atoms with van der Waals surface area (Å²) in [6, 6.07) is 8.54. The number of nitrogens with zero attached hydrogens (tertiary/aromatic N) is 2. The van der Waals surface area contributed by atoms with Crippen molar-refractivity contribution in [2.75, 3.05) is 57.9 Å². The average molecular weight is 567 g/mol. The van der Waals surface area contributed by atoms with Crippen LogP contribution in [0.3, 0.4) is 0 Å². The highest BCUT2D eigenvalue weighted by Gasteiger charge is 2.34. The Morgan fingerprint density at radius 3 is 2.79 bits per heavy atom. The molecule has 2 aliphatic rings. The van der Waals surface area contributed by atoms with Crippen molar-refractivity contribution in [3.05, 3.63) is 28.7 Å². The van der Waals surface area contributed by atoms with Gasteiger partial charge in [-0.2, -0.15) is 0 Å². The van der Waals surface area contributed by atoms with E-state index in [0.29, 0.717) is 12.5 Å². The number of halogens is 2. The van der Waals surface area contributed by atoms with Gasteiger partial charge in [0.2, 0.25) is 0 Å². The lowest BCUT2D eigenvalue weighted by molar-refractivity contribution is 0.127. The van der Waals surface area contributed by atoms with E-state index in [2.05, 4.69) is 60.7 Å². The molecule has 0 radical (unpaired) electrons. The molecule has 6 nitrogen and oxygen atoms in total. The fourth-order valence-corrected chi connectivity index (χ4v) is 4.19. The molecule has 2 aliphatic heterocycles. The van der Waals surface area contributed by atoms with E-state index in [1.165, 1.54) is 12.1 Å². The van der Waals surface area contributed by atoms with E-state index < -0.39 is 0 Å². The highest BCUT2D eigenvalue weighted by atomic mass is 127. The molecule has 0 amide bonds. The lowest BCUT2D eigenvalue weighted by Gasteiger charge is -2.28. The van der Waals surface area contributed by atoms with Gasteiger partial charge in [0.25, 0.3) is 0 Å². The predicted molar refractivity (Wildman–Crippen MR) is 129 cm³/mol. The van der Waals surface area contributed by atoms with Gasteiger partial charge in [0.05, 0.1) is 6.61 Å². The van der Waals surface area contributed by atoms with E-state index in [-0.39, 0.29) is 36.0 Å². The van der Waals surface area contributed by atoms with E-state index in [0.717, 1.165) is 56.1 Å². The number of nitrogens with one attached hydrogen (secondary N) is 2. The maximum atomic E-state index is 9.36. The summed E-state index contributed by atoms with van der Waals surface area (Å²) in [5.74, 6) is 1.44. The average Bonchev–Trinajstić information content (AvgIpc) is 3.33. The molecular formula is C20H32BrIN4O2. The lowest BCUT2D eigenvalue weighted by atomic mass is 9.84. The Hall–Kier alpha value is -0.580. The number of aliphatic hydroxyl groups excluding tert-OH is 1. The van der Waals surface area contributed by atoms with Crippen molar-refractivity contribution < 1.29 is 9.84 Å². The minimum atomic E-state index is 0. The number of hydrogen-bond donors (Lipinski definition) is 3. The van der Waals surface area contributed by atoms with Crippen LogP contribution in [0.1, 0.15) is 19.3 Å². The van der Waals surface area contributed by atoms with Crippen LogP contribution in [0.25, 0.3) is 0 Å². The van der Waals surface area contributed by atoms with Crippen molar-refractivity contribution in [2.45, 2.75) is 19.3 Å². The number of hydrogen-bond acceptors (Lipinski definition) is 4. The fourth-order valence-electron chi connectivity index (χ4n) is 3.93. The molecule has 0 saturated carbocycles. The van der Waals surface area contributed by atoms with Crippen molar-refractivity contribution in [1.29, 1.82) is 0 Å². The van der Waals surface area contributed by atoms with Gasteiger partial charge in [-0.05, 0) is 49.4 Å². The Kier molecular flexibility index (Phi) is 9.79. The largest absolute Gasteiger partial charge is 0.396 e. The fraction of sp³-hybridized carbons (Fsp3) is 0.650. The summed E-state index contributed by atoms with van der Waals surface area (Å²) in [5, 5.41) is 16.3. The molecule has 0 bridgehead atoms. The Morgan fingerprint density at radius 2 is 2.14 bits per heavy atom. The number of benzene rings is 1. The molecule has 1 aromatic rings. The molecule has 1 aromatic carbocycles. The normalized spacial score (nSPS) is 24.9. The number of ether oxygens (including phenoxy) is 1. The van der Waals surface area contributed by atoms with Crippen LogP contribution in [-0.2, 0) is 4.74 Å². The summed E-state index contributed by atoms with van der Waals surface area (Å²) in [6.45, 7) is 5.54. The summed E-state index contributed by atoms with van der Waals surface area (Å²) >= 11 is 3.50. The zero-order chi connectivity index (χ0) is 19.1. The van der Waals surface area contributed by atoms with Crippen molar-refractivity contribution >= 4 is 51.6 Å². The summed E-state index contributed by atoms with van der Waals surface area (Å²) in [7, 11) is 1.81. The minimum absolute atomic E-state index is 0. The van der Waals surface area contributed by atoms with Crippen molar-refractivity contribution in [3.63, 3.8) is 0 Å². The molecule has 0 aromatic heterocycles. The molecule has 0 spiro atoms. The van der Waals surface area contributed by atoms with Gasteiger partial charge < -0.3 is 25.4 Å². The standard InChI is InChI=1S/C20H31BrN4O2.HI/c1-22-19(24-14-20(7-10-26)8-11-27-15-20)23-12-16-6-9-25(13-16)18-4-2-17(21)3-5-18;/h2-5,16,26H,6-15H2,1H3,(H2,22,23,24);1H. The van der Waals surface area contributed by atoms with Gasteiger partial charge in [-0.1, -0.05) is 15.9 Å². The van der Waals surface area contributed by atoms with Crippen LogP contribution >= 0.6 is 39.9 Å². The van der Waals surface area contributed by atoms with Crippen LogP contribution in [0.15, 0.2) is 33.7 Å². The lowest BCUT2D eigenvalue weighted by Crippen LogP contribution is -2.45. The van der Waals surface area contributed by atoms with Gasteiger partial charge in [-0.25, -0.2) is 0 Å². The topological polar surface area (TPSA) is 69.1 Å². The van der Waals surface area contributed by atoms with E-state index >= 15 is 0 Å². The van der Waals surface area contributed by atoms with E-state index in [9.17, 15) is 5.11 Å². The minimum Gasteiger partial charge on any atom is -0.396 e. The first-order valence-electron chi connectivity index (χ1n) is 9.78. The van der Waals surface area contributed by atoms with Crippen LogP contribution in [0.2, 0.25) is 0 Å². The maximum Gasteiger partial charge on any atom is 0.191 e. The van der Waals surface area contributed by atoms with Crippen molar-refractivity contribution in [3.8, 4) is 0 Å². The van der Waals surface area contributed by atoms with Gasteiger partial charge in [0.1, 0.15) is 0 Å². The van der Waals surface area contributed by atoms with Crippen LogP contribution in [0, 0.1) is 11.3 Å². The Labute approximate surface area is 193 Å². The monoisotopic (exact) mass is 566 g/mol. The highest BCUT2D eigenvalue weighted by molar-refractivity contribution is 14.0. The predicted octanol–water partition coefficient (Wildman–Crippen LogP) is 2.85. The summed E-state index contributed by atoms with van der Waals surface area (Å²) in [6.07, 6.45) is 2.94. The third kappa shape index (κ3) is 6.47. The van der Waals surface area contributed by atoms with E-state index in [1.54, 1.807) is 0 Å². The Bertz CT molecular complexity index is 623. The quantitative estimate of drug-likeness (QED) is 0.269. The van der Waals surface area contributed by atoms with Gasteiger partial charge in [0, 0.05) is 62.0 Å². The highest BCUT2D eigenvalue weighted by Crippen LogP contribution is 2.31. The molecule has 28 heavy (non-hydrogen) atoms. The molecular weight excluding hydrogens is 535 g/mol. The van der Waals surface area contributed by atoms with Gasteiger partial charge >= 0.3 is 0 Å². The molecule has 2 saturated heterocycles. The summed E-state index contributed by atoms with van der Waals surface area (Å²) in [5.41, 5.74) is 1.31. The molecule has 2 atom stereocenters. The molecule has 158 valence electrons. The first-order chi connectivity index (χ1) is 13.1. The first kappa shape index (κ1) is 23.7. The molecule has 2 unspecified atom stereocenters. The number of anilines is 1. The Balaban J connectivity index is 0.00000280. The molecule has 0 aliphatic carbocycles. The van der Waals surface area contributed by atoms with E-state index in [4.69, 9.17) is 4.74 Å². The SMILES string of the molecule is CN=C(NCC1CCN(c2ccc(Br)cc2)C1)NCC1(CCO)CCOC1.I. The molecule has 8 heteroatoms. The molecule has 3 N–H and O–H groups in total. The number of aliphatic imine (C=N–C) groups is 1. The summed E-state index contributed by atoms with van der Waals surface area (Å²) < 4.78 is 6.68. The van der Waals surface area contributed by atoms with Crippen LogP contribution < -0.4 is 15.5 Å². The van der Waals surface area contributed by atoms with Gasteiger partial charge in [0.15, 0.2) is 5.96 Å². The van der Waals surface area contributed by atoms with Crippen molar-refractivity contribution in [2.24, 2.45) is 16.3 Å². The van der Waals surface area contributed by atoms with Crippen LogP contribution in [0.5, 0.6) is 0 Å². The van der Waals surface area contributed by atoms with Crippen LogP contribution in [-0.4, -0.2) is 64.1 Å². The third-order valence-corrected chi connectivity index (χ3v) is 6.25. The number of guanidine groups is 1. The van der Waals surface area contributed by atoms with Crippen LogP contribution in [0.4, 0.5) is 5.69 Å². The first-order valence-corrected chi connectivity index (χ1v) is 10.6. The smallest absolute Gasteiger partial charge is 0.191 e. The molecule has 2 heterocycles. The number of aliphatic hydroxyl groups is 1. The van der Waals surface area contributed by atoms with Gasteiger partial charge in [-0.15, -0.1) is 24.0 Å². The second-order valence-corrected chi connectivity index (χ2v) is 8.58. The van der Waals surface area contributed by atoms with Crippen molar-refractivity contribution in [1.82, 2.24) is 10.6 Å². The van der Waals surface area contributed by atoms with Gasteiger partial charge in [-0.3, -0.25) is 4.99 Å². The second-order valence-electron chi connectivity index (χ2n) is 7.66. The van der Waals surface area contributed by atoms with E-state index in [1.807, 2.05) is 7.05 Å². The third-order valence-electron chi connectivity index (χ3n) is 5.72.